The van der Waals surface area contributed by atoms with Crippen molar-refractivity contribution in [3.05, 3.63) is 69.7 Å². The van der Waals surface area contributed by atoms with E-state index in [0.29, 0.717) is 24.7 Å². The van der Waals surface area contributed by atoms with Gasteiger partial charge in [-0.25, -0.2) is 22.0 Å². The Morgan fingerprint density at radius 3 is 2.38 bits per heavy atom. The lowest BCUT2D eigenvalue weighted by molar-refractivity contribution is 0.0463. The molecule has 13 heteroatoms. The number of halogens is 4. The number of ether oxygens (including phenoxy) is 1. The van der Waals surface area contributed by atoms with Crippen molar-refractivity contribution in [2.45, 2.75) is 18.6 Å². The van der Waals surface area contributed by atoms with E-state index in [2.05, 4.69) is 19.9 Å². The Morgan fingerprint density at radius 2 is 1.84 bits per heavy atom. The Bertz CT molecular complexity index is 1170. The molecule has 37 heavy (non-hydrogen) atoms. The first-order valence-corrected chi connectivity index (χ1v) is 13.2. The van der Waals surface area contributed by atoms with Crippen LogP contribution in [0.3, 0.4) is 0 Å². The molecule has 1 unspecified atom stereocenters. The second kappa shape index (κ2) is 13.3. The number of piperazine rings is 1. The molecule has 1 atom stereocenters. The summed E-state index contributed by atoms with van der Waals surface area (Å²) >= 11 is 6.06. The molecular formula is C24H30Cl2F2N4O4S. The van der Waals surface area contributed by atoms with Gasteiger partial charge in [-0.2, -0.15) is 4.31 Å². The number of thiol groups is 1. The van der Waals surface area contributed by atoms with Crippen LogP contribution in [0.1, 0.15) is 27.5 Å². The van der Waals surface area contributed by atoms with Crippen LogP contribution in [-0.2, 0) is 22.2 Å². The molecule has 4 rings (SSSR count). The van der Waals surface area contributed by atoms with Gasteiger partial charge in [-0.15, -0.1) is 12.4 Å². The zero-order valence-electron chi connectivity index (χ0n) is 20.2. The molecular weight excluding hydrogens is 549 g/mol. The van der Waals surface area contributed by atoms with Gasteiger partial charge in [0, 0.05) is 70.0 Å². The van der Waals surface area contributed by atoms with Crippen LogP contribution in [0.5, 0.6) is 0 Å². The smallest absolute Gasteiger partial charge is 0.337 e. The molecule has 2 heterocycles. The average Bonchev–Trinajstić information content (AvgIpc) is 2.83. The number of methoxy groups -OCH3 is 1. The van der Waals surface area contributed by atoms with E-state index in [-0.39, 0.29) is 41.6 Å². The van der Waals surface area contributed by atoms with E-state index in [1.165, 1.54) is 31.4 Å². The minimum Gasteiger partial charge on any atom is -0.465 e. The van der Waals surface area contributed by atoms with Gasteiger partial charge < -0.3 is 10.1 Å². The third-order valence-corrected chi connectivity index (χ3v) is 7.89. The van der Waals surface area contributed by atoms with Gasteiger partial charge in [0.1, 0.15) is 11.6 Å². The van der Waals surface area contributed by atoms with Gasteiger partial charge in [0.05, 0.1) is 17.7 Å². The monoisotopic (exact) mass is 578 g/mol. The van der Waals surface area contributed by atoms with Crippen LogP contribution < -0.4 is 5.32 Å². The van der Waals surface area contributed by atoms with E-state index in [4.69, 9.17) is 11.6 Å². The van der Waals surface area contributed by atoms with Gasteiger partial charge in [0.2, 0.25) is 10.9 Å². The number of esters is 1. The molecule has 2 fully saturated rings. The van der Waals surface area contributed by atoms with Gasteiger partial charge in [-0.3, -0.25) is 9.80 Å². The van der Waals surface area contributed by atoms with Crippen molar-refractivity contribution in [2.24, 2.45) is 0 Å². The van der Waals surface area contributed by atoms with Crippen molar-refractivity contribution in [3.8, 4) is 0 Å². The van der Waals surface area contributed by atoms with E-state index in [1.807, 2.05) is 0 Å². The molecule has 2 aliphatic heterocycles. The molecule has 0 spiro atoms. The molecule has 8 nitrogen and oxygen atoms in total. The Hall–Kier alpha value is -1.86. The van der Waals surface area contributed by atoms with Crippen molar-refractivity contribution in [1.29, 1.82) is 0 Å². The Kier molecular flexibility index (Phi) is 10.7. The number of carbonyl (C=O) groups excluding carboxylic acids is 1. The van der Waals surface area contributed by atoms with Crippen molar-refractivity contribution < 1.29 is 26.7 Å². The molecule has 2 saturated heterocycles. The third-order valence-electron chi connectivity index (χ3n) is 6.84. The maximum atomic E-state index is 14.7. The first-order valence-electron chi connectivity index (χ1n) is 11.7. The maximum absolute atomic E-state index is 14.7. The fourth-order valence-electron chi connectivity index (χ4n) is 4.60. The fourth-order valence-corrected chi connectivity index (χ4v) is 5.35. The van der Waals surface area contributed by atoms with Crippen LogP contribution in [-0.4, -0.2) is 87.5 Å². The summed E-state index contributed by atoms with van der Waals surface area (Å²) in [5, 5.41) is 3.23. The van der Waals surface area contributed by atoms with Crippen LogP contribution in [0.15, 0.2) is 36.4 Å². The highest BCUT2D eigenvalue weighted by Gasteiger charge is 2.32. The van der Waals surface area contributed by atoms with Gasteiger partial charge in [0.25, 0.3) is 0 Å². The third kappa shape index (κ3) is 7.17. The summed E-state index contributed by atoms with van der Waals surface area (Å²) < 4.78 is 58.9. The second-order valence-electron chi connectivity index (χ2n) is 8.96. The summed E-state index contributed by atoms with van der Waals surface area (Å²) in [6, 6.07) is 8.30. The van der Waals surface area contributed by atoms with Crippen LogP contribution in [0, 0.1) is 11.6 Å². The summed E-state index contributed by atoms with van der Waals surface area (Å²) in [7, 11) is -1.87. The van der Waals surface area contributed by atoms with Gasteiger partial charge >= 0.3 is 5.97 Å². The zero-order valence-corrected chi connectivity index (χ0v) is 22.7. The predicted octanol–water partition coefficient (Wildman–Crippen LogP) is 2.49. The molecule has 2 aliphatic rings. The fraction of sp³-hybridized carbons (Fsp3) is 0.458. The minimum atomic E-state index is -3.07. The summed E-state index contributed by atoms with van der Waals surface area (Å²) in [4.78, 5) is 16.2. The Morgan fingerprint density at radius 1 is 1.14 bits per heavy atom. The van der Waals surface area contributed by atoms with Crippen molar-refractivity contribution in [2.75, 3.05) is 52.9 Å². The number of rotatable bonds is 9. The number of nitrogens with one attached hydrogen (secondary N) is 1. The lowest BCUT2D eigenvalue weighted by Gasteiger charge is -2.45. The molecule has 2 aromatic rings. The maximum Gasteiger partial charge on any atom is 0.337 e. The summed E-state index contributed by atoms with van der Waals surface area (Å²) in [5.41, 5.74) is 0.846. The molecule has 0 bridgehead atoms. The van der Waals surface area contributed by atoms with Crippen LogP contribution in [0.2, 0.25) is 5.02 Å². The predicted molar refractivity (Wildman–Crippen MR) is 140 cm³/mol. The van der Waals surface area contributed by atoms with E-state index >= 15 is 0 Å². The van der Waals surface area contributed by atoms with E-state index < -0.39 is 34.5 Å². The normalized spacial score (nSPS) is 17.9. The highest BCUT2D eigenvalue weighted by Crippen LogP contribution is 2.28. The molecule has 1 N–H and O–H groups in total. The molecule has 0 saturated carbocycles. The highest BCUT2D eigenvalue weighted by atomic mass is 35.5. The SMILES string of the molecule is COC(=O)c1ccc(CN(CC(c2ccc(F)c(Cl)c2)N2CCN(C3CNC3)CC2)[SH](=O)=O)c(F)c1.Cl. The molecule has 0 aliphatic carbocycles. The van der Waals surface area contributed by atoms with E-state index in [9.17, 15) is 22.0 Å². The van der Waals surface area contributed by atoms with Crippen molar-refractivity contribution >= 4 is 40.9 Å². The van der Waals surface area contributed by atoms with Gasteiger partial charge in [-0.1, -0.05) is 23.7 Å². The Labute approximate surface area is 228 Å². The quantitative estimate of drug-likeness (QED) is 0.349. The van der Waals surface area contributed by atoms with Crippen LogP contribution in [0.25, 0.3) is 0 Å². The standard InChI is InChI=1S/C24H29ClF2N4O4S.ClH/c1-35-24(32)17-2-3-18(22(27)11-17)14-31(36(33)34)15-23(16-4-5-21(26)20(25)10-16)30-8-6-29(7-9-30)19-12-28-13-19;/h2-5,10-11,19,23,28,36H,6-9,12-15H2,1H3;1H. The average molecular weight is 579 g/mol. The number of hydrogen-bond donors (Lipinski definition) is 2. The highest BCUT2D eigenvalue weighted by molar-refractivity contribution is 7.69. The zero-order chi connectivity index (χ0) is 25.8. The summed E-state index contributed by atoms with van der Waals surface area (Å²) in [6.07, 6.45) is 0. The van der Waals surface area contributed by atoms with Crippen molar-refractivity contribution in [3.63, 3.8) is 0 Å². The summed E-state index contributed by atoms with van der Waals surface area (Å²) in [6.45, 7) is 4.78. The second-order valence-corrected chi connectivity index (χ2v) is 10.4. The minimum absolute atomic E-state index is 0. The van der Waals surface area contributed by atoms with Crippen LogP contribution >= 0.6 is 24.0 Å². The first kappa shape index (κ1) is 29.7. The molecule has 204 valence electrons. The van der Waals surface area contributed by atoms with Gasteiger partial charge in [0.15, 0.2) is 0 Å². The molecule has 0 aromatic heterocycles. The number of benzene rings is 2. The number of nitrogens with zero attached hydrogens (tertiary/aromatic N) is 3. The Balaban J connectivity index is 0.00000380. The lowest BCUT2D eigenvalue weighted by atomic mass is 10.0. The van der Waals surface area contributed by atoms with Crippen LogP contribution in [0.4, 0.5) is 8.78 Å². The molecule has 2 aromatic carbocycles. The number of hydrogen-bond acceptors (Lipinski definition) is 7. The van der Waals surface area contributed by atoms with Crippen molar-refractivity contribution in [1.82, 2.24) is 19.4 Å². The number of carbonyl (C=O) groups is 1. The molecule has 0 radical (unpaired) electrons. The van der Waals surface area contributed by atoms with Gasteiger partial charge in [-0.05, 0) is 29.8 Å². The topological polar surface area (TPSA) is 82.2 Å². The van der Waals surface area contributed by atoms with E-state index in [0.717, 1.165) is 36.6 Å². The molecule has 0 amide bonds. The summed E-state index contributed by atoms with van der Waals surface area (Å²) in [5.74, 6) is -1.94. The lowest BCUT2D eigenvalue weighted by Crippen LogP contribution is -2.62. The van der Waals surface area contributed by atoms with E-state index in [1.54, 1.807) is 6.07 Å². The first-order chi connectivity index (χ1) is 17.3. The largest absolute Gasteiger partial charge is 0.465 e.